The third kappa shape index (κ3) is 4.12. The summed E-state index contributed by atoms with van der Waals surface area (Å²) in [7, 11) is 0. The molecule has 0 bridgehead atoms. The zero-order valence-electron chi connectivity index (χ0n) is 20.5. The van der Waals surface area contributed by atoms with E-state index in [-0.39, 0.29) is 23.3 Å². The van der Waals surface area contributed by atoms with Crippen LogP contribution in [-0.2, 0) is 0 Å². The van der Waals surface area contributed by atoms with Crippen LogP contribution in [0.4, 0.5) is 5.82 Å². The molecule has 6 aromatic rings. The van der Waals surface area contributed by atoms with Gasteiger partial charge in [0.15, 0.2) is 11.5 Å². The topological polar surface area (TPSA) is 103 Å². The van der Waals surface area contributed by atoms with Crippen LogP contribution in [0, 0.1) is 11.8 Å². The van der Waals surface area contributed by atoms with Crippen molar-refractivity contribution in [2.24, 2.45) is 0 Å². The van der Waals surface area contributed by atoms with Gasteiger partial charge in [0.1, 0.15) is 5.56 Å². The maximum Gasteiger partial charge on any atom is 0.259 e. The third-order valence-corrected chi connectivity index (χ3v) is 6.33. The number of pyridine rings is 1. The Labute approximate surface area is 218 Å². The van der Waals surface area contributed by atoms with Gasteiger partial charge in [0.2, 0.25) is 0 Å². The molecule has 0 aliphatic carbocycles. The number of nitrogens with one attached hydrogen (secondary N) is 1. The van der Waals surface area contributed by atoms with Crippen LogP contribution in [0.5, 0.6) is 0 Å². The molecule has 4 aromatic heterocycles. The lowest BCUT2D eigenvalue weighted by Crippen LogP contribution is -2.28. The minimum Gasteiger partial charge on any atom is -0.381 e. The predicted octanol–water partition coefficient (Wildman–Crippen LogP) is 4.54. The molecule has 0 saturated carbocycles. The van der Waals surface area contributed by atoms with E-state index in [1.165, 1.54) is 4.52 Å². The first-order chi connectivity index (χ1) is 18.6. The second-order valence-electron chi connectivity index (χ2n) is 8.81. The predicted molar refractivity (Wildman–Crippen MR) is 147 cm³/mol. The van der Waals surface area contributed by atoms with Crippen LogP contribution < -0.4 is 11.1 Å². The highest BCUT2D eigenvalue weighted by atomic mass is 16.1. The molecule has 0 saturated heterocycles. The number of fused-ring (bicyclic) bond motifs is 2. The number of amides is 1. The van der Waals surface area contributed by atoms with Crippen molar-refractivity contribution in [3.8, 4) is 17.5 Å². The minimum absolute atomic E-state index is 0.130. The Kier molecular flexibility index (Phi) is 5.79. The van der Waals surface area contributed by atoms with Crippen LogP contribution in [-0.4, -0.2) is 30.1 Å². The van der Waals surface area contributed by atoms with Crippen molar-refractivity contribution in [2.45, 2.75) is 13.0 Å². The Morgan fingerprint density at radius 2 is 1.79 bits per heavy atom. The molecule has 0 fully saturated rings. The van der Waals surface area contributed by atoms with Crippen LogP contribution in [0.25, 0.3) is 22.2 Å². The summed E-state index contributed by atoms with van der Waals surface area (Å²) in [6.07, 6.45) is 6.77. The molecule has 0 aliphatic heterocycles. The van der Waals surface area contributed by atoms with E-state index in [9.17, 15) is 4.79 Å². The summed E-state index contributed by atoms with van der Waals surface area (Å²) in [6.45, 7) is 1.95. The number of nitrogen functional groups attached to an aromatic ring is 1. The molecule has 6 rings (SSSR count). The average Bonchev–Trinajstić information content (AvgIpc) is 3.50. The summed E-state index contributed by atoms with van der Waals surface area (Å²) < 4.78 is 3.65. The molecule has 0 aliphatic rings. The quantitative estimate of drug-likeness (QED) is 0.348. The van der Waals surface area contributed by atoms with Crippen molar-refractivity contribution in [1.29, 1.82) is 0 Å². The van der Waals surface area contributed by atoms with Crippen molar-refractivity contribution in [3.63, 3.8) is 0 Å². The number of aromatic nitrogens is 5. The fourth-order valence-corrected chi connectivity index (χ4v) is 4.59. The van der Waals surface area contributed by atoms with Gasteiger partial charge in [-0.05, 0) is 49.4 Å². The van der Waals surface area contributed by atoms with E-state index in [1.807, 2.05) is 61.5 Å². The van der Waals surface area contributed by atoms with Crippen molar-refractivity contribution < 1.29 is 4.79 Å². The monoisotopic (exact) mass is 497 g/mol. The van der Waals surface area contributed by atoms with E-state index in [1.54, 1.807) is 30.9 Å². The van der Waals surface area contributed by atoms with Crippen molar-refractivity contribution in [3.05, 3.63) is 120 Å². The molecule has 3 N–H and O–H groups in total. The number of hydrogen-bond donors (Lipinski definition) is 2. The Morgan fingerprint density at radius 3 is 2.61 bits per heavy atom. The Bertz CT molecular complexity index is 1840. The van der Waals surface area contributed by atoms with Gasteiger partial charge < -0.3 is 15.6 Å². The van der Waals surface area contributed by atoms with Gasteiger partial charge >= 0.3 is 0 Å². The molecule has 8 heteroatoms. The van der Waals surface area contributed by atoms with Gasteiger partial charge in [-0.15, -0.1) is 5.10 Å². The first-order valence-electron chi connectivity index (χ1n) is 12.1. The average molecular weight is 498 g/mol. The van der Waals surface area contributed by atoms with Gasteiger partial charge in [-0.2, -0.15) is 0 Å². The van der Waals surface area contributed by atoms with Gasteiger partial charge in [0.25, 0.3) is 5.91 Å². The summed E-state index contributed by atoms with van der Waals surface area (Å²) in [4.78, 5) is 21.8. The molecule has 1 atom stereocenters. The summed E-state index contributed by atoms with van der Waals surface area (Å²) in [6, 6.07) is 23.3. The van der Waals surface area contributed by atoms with Crippen molar-refractivity contribution >= 4 is 28.3 Å². The zero-order chi connectivity index (χ0) is 26.1. The largest absolute Gasteiger partial charge is 0.381 e. The fraction of sp³-hybridized carbons (Fsp3) is 0.0667. The number of nitrogens with zero attached hydrogens (tertiary/aromatic N) is 5. The van der Waals surface area contributed by atoms with Gasteiger partial charge in [-0.1, -0.05) is 42.2 Å². The van der Waals surface area contributed by atoms with Gasteiger partial charge in [0.05, 0.1) is 11.6 Å². The number of benzene rings is 2. The van der Waals surface area contributed by atoms with E-state index in [2.05, 4.69) is 48.9 Å². The normalized spacial score (nSPS) is 11.7. The molecular formula is C30H23N7O. The first kappa shape index (κ1) is 23.0. The highest BCUT2D eigenvalue weighted by Crippen LogP contribution is 2.31. The Balaban J connectivity index is 1.45. The lowest BCUT2D eigenvalue weighted by molar-refractivity contribution is 0.0941. The van der Waals surface area contributed by atoms with Crippen molar-refractivity contribution in [2.75, 3.05) is 5.73 Å². The van der Waals surface area contributed by atoms with E-state index in [0.717, 1.165) is 33.4 Å². The van der Waals surface area contributed by atoms with Crippen LogP contribution in [0.2, 0.25) is 0 Å². The fourth-order valence-electron chi connectivity index (χ4n) is 4.59. The zero-order valence-corrected chi connectivity index (χ0v) is 20.5. The smallest absolute Gasteiger partial charge is 0.259 e. The molecule has 184 valence electrons. The SMILES string of the molecule is CC(NC(=O)c1c(N)nn2cccnc12)c1cc2cccc(C#Cc3ccncc3)c2n1-c1ccccc1. The molecule has 0 radical (unpaired) electrons. The van der Waals surface area contributed by atoms with Gasteiger partial charge in [0, 0.05) is 52.7 Å². The molecule has 1 unspecified atom stereocenters. The highest BCUT2D eigenvalue weighted by molar-refractivity contribution is 6.04. The molecule has 8 nitrogen and oxygen atoms in total. The summed E-state index contributed by atoms with van der Waals surface area (Å²) >= 11 is 0. The summed E-state index contributed by atoms with van der Waals surface area (Å²) in [5, 5.41) is 8.34. The van der Waals surface area contributed by atoms with Crippen molar-refractivity contribution in [1.82, 2.24) is 29.5 Å². The molecule has 38 heavy (non-hydrogen) atoms. The second-order valence-corrected chi connectivity index (χ2v) is 8.81. The van der Waals surface area contributed by atoms with Crippen LogP contribution in [0.3, 0.4) is 0 Å². The molecule has 2 aromatic carbocycles. The molecule has 0 spiro atoms. The van der Waals surface area contributed by atoms with Crippen LogP contribution in [0.1, 0.15) is 40.1 Å². The van der Waals surface area contributed by atoms with Crippen LogP contribution >= 0.6 is 0 Å². The lowest BCUT2D eigenvalue weighted by Gasteiger charge is -2.18. The number of anilines is 1. The number of nitrogens with two attached hydrogens (primary N) is 1. The number of carbonyl (C=O) groups is 1. The summed E-state index contributed by atoms with van der Waals surface area (Å²) in [5.74, 6) is 6.37. The minimum atomic E-state index is -0.367. The summed E-state index contributed by atoms with van der Waals surface area (Å²) in [5.41, 5.74) is 11.4. The van der Waals surface area contributed by atoms with E-state index < -0.39 is 0 Å². The Hall–Kier alpha value is -5.42. The highest BCUT2D eigenvalue weighted by Gasteiger charge is 2.24. The standard InChI is InChI=1S/C30H23N7O/c1-20(34-30(38)26-28(31)35-36-18-6-15-33-29(26)36)25-19-23-8-5-7-22(12-11-21-13-16-32-17-14-21)27(23)37(25)24-9-3-2-4-10-24/h2-10,13-20H,1H3,(H2,31,35)(H,34,38). The number of para-hydroxylation sites is 2. The third-order valence-electron chi connectivity index (χ3n) is 6.33. The van der Waals surface area contributed by atoms with E-state index in [4.69, 9.17) is 5.73 Å². The molecule has 4 heterocycles. The Morgan fingerprint density at radius 1 is 0.974 bits per heavy atom. The second kappa shape index (κ2) is 9.56. The molecule has 1 amide bonds. The lowest BCUT2D eigenvalue weighted by atomic mass is 10.1. The van der Waals surface area contributed by atoms with Gasteiger partial charge in [-0.25, -0.2) is 9.50 Å². The van der Waals surface area contributed by atoms with Crippen LogP contribution in [0.15, 0.2) is 97.6 Å². The maximum absolute atomic E-state index is 13.4. The maximum atomic E-state index is 13.4. The van der Waals surface area contributed by atoms with E-state index in [0.29, 0.717) is 5.65 Å². The van der Waals surface area contributed by atoms with E-state index >= 15 is 0 Å². The number of hydrogen-bond acceptors (Lipinski definition) is 5. The number of rotatable bonds is 4. The number of carbonyl (C=O) groups excluding carboxylic acids is 1. The van der Waals surface area contributed by atoms with Gasteiger partial charge in [-0.3, -0.25) is 9.78 Å². The molecular weight excluding hydrogens is 474 g/mol. The first-order valence-corrected chi connectivity index (χ1v) is 12.1.